The van der Waals surface area contributed by atoms with Gasteiger partial charge in [0.1, 0.15) is 18.9 Å². The van der Waals surface area contributed by atoms with E-state index >= 15 is 8.78 Å². The number of unbranched alkanes of at least 4 members (excludes halogenated alkanes) is 1. The fourth-order valence-corrected chi connectivity index (χ4v) is 7.62. The van der Waals surface area contributed by atoms with Crippen molar-refractivity contribution in [2.75, 3.05) is 6.61 Å². The van der Waals surface area contributed by atoms with E-state index < -0.39 is 76.5 Å². The molecule has 0 spiro atoms. The lowest BCUT2D eigenvalue weighted by atomic mass is 9.44. The van der Waals surface area contributed by atoms with Gasteiger partial charge in [0.2, 0.25) is 11.4 Å². The minimum Gasteiger partial charge on any atom is -0.447 e. The smallest absolute Gasteiger partial charge is 0.306 e. The van der Waals surface area contributed by atoms with Gasteiger partial charge in [-0.2, -0.15) is 0 Å². The maximum absolute atomic E-state index is 17.2. The van der Waals surface area contributed by atoms with Crippen molar-refractivity contribution in [3.63, 3.8) is 0 Å². The van der Waals surface area contributed by atoms with E-state index in [-0.39, 0.29) is 31.3 Å². The number of carbonyl (C=O) groups is 3. The molecule has 0 aromatic rings. The molecule has 0 aliphatic heterocycles. The number of esters is 1. The SMILES string of the molecule is CCCCC(=O)OC1(C(=O)CO)C(O)CC2C3CC(F)C4=CC(=O)C=CC4(C)C3(F)C(O)CC21C. The molecule has 0 saturated heterocycles. The zero-order valence-electron chi connectivity index (χ0n) is 20.3. The second-order valence-corrected chi connectivity index (χ2v) is 11.0. The van der Waals surface area contributed by atoms with Crippen LogP contribution >= 0.6 is 0 Å². The summed E-state index contributed by atoms with van der Waals surface area (Å²) < 4.78 is 38.4. The third-order valence-corrected chi connectivity index (χ3v) is 9.38. The molecule has 4 aliphatic rings. The number of carbonyl (C=O) groups excluding carboxylic acids is 3. The van der Waals surface area contributed by atoms with E-state index in [9.17, 15) is 29.7 Å². The summed E-state index contributed by atoms with van der Waals surface area (Å²) in [7, 11) is 0. The molecule has 3 fully saturated rings. The highest BCUT2D eigenvalue weighted by molar-refractivity contribution is 6.01. The van der Waals surface area contributed by atoms with E-state index in [0.29, 0.717) is 12.8 Å². The average molecular weight is 497 g/mol. The molecule has 3 saturated carbocycles. The molecule has 9 unspecified atom stereocenters. The van der Waals surface area contributed by atoms with E-state index in [1.54, 1.807) is 6.92 Å². The van der Waals surface area contributed by atoms with Gasteiger partial charge in [-0.05, 0) is 56.3 Å². The number of rotatable bonds is 6. The number of aliphatic hydroxyl groups excluding tert-OH is 3. The Morgan fingerprint density at radius 1 is 1.17 bits per heavy atom. The van der Waals surface area contributed by atoms with Gasteiger partial charge in [0, 0.05) is 23.2 Å². The molecule has 0 radical (unpaired) electrons. The lowest BCUT2D eigenvalue weighted by Crippen LogP contribution is -2.71. The van der Waals surface area contributed by atoms with Crippen LogP contribution < -0.4 is 0 Å². The van der Waals surface area contributed by atoms with Crippen LogP contribution in [-0.4, -0.2) is 69.1 Å². The van der Waals surface area contributed by atoms with Crippen LogP contribution in [0.3, 0.4) is 0 Å². The predicted octanol–water partition coefficient (Wildman–Crippen LogP) is 2.31. The first-order valence-electron chi connectivity index (χ1n) is 12.3. The van der Waals surface area contributed by atoms with Crippen LogP contribution in [0.2, 0.25) is 0 Å². The number of aliphatic hydroxyl groups is 3. The zero-order chi connectivity index (χ0) is 26.0. The molecule has 4 rings (SSSR count). The van der Waals surface area contributed by atoms with Gasteiger partial charge in [-0.3, -0.25) is 14.4 Å². The Morgan fingerprint density at radius 2 is 1.86 bits per heavy atom. The lowest BCUT2D eigenvalue weighted by Gasteiger charge is -2.63. The Morgan fingerprint density at radius 3 is 2.49 bits per heavy atom. The summed E-state index contributed by atoms with van der Waals surface area (Å²) in [5.41, 5.74) is -7.69. The van der Waals surface area contributed by atoms with Crippen molar-refractivity contribution in [1.82, 2.24) is 0 Å². The Bertz CT molecular complexity index is 994. The summed E-state index contributed by atoms with van der Waals surface area (Å²) in [5.74, 6) is -4.12. The van der Waals surface area contributed by atoms with Crippen LogP contribution in [0.15, 0.2) is 23.8 Å². The highest BCUT2D eigenvalue weighted by Gasteiger charge is 2.78. The quantitative estimate of drug-likeness (QED) is 0.483. The summed E-state index contributed by atoms with van der Waals surface area (Å²) in [4.78, 5) is 37.8. The predicted molar refractivity (Wildman–Crippen MR) is 120 cm³/mol. The molecule has 35 heavy (non-hydrogen) atoms. The van der Waals surface area contributed by atoms with Crippen molar-refractivity contribution in [3.8, 4) is 0 Å². The van der Waals surface area contributed by atoms with Crippen molar-refractivity contribution in [2.45, 2.75) is 88.9 Å². The molecule has 3 N–H and O–H groups in total. The molecular weight excluding hydrogens is 462 g/mol. The number of halogens is 2. The van der Waals surface area contributed by atoms with E-state index in [2.05, 4.69) is 0 Å². The van der Waals surface area contributed by atoms with Crippen LogP contribution in [0.5, 0.6) is 0 Å². The van der Waals surface area contributed by atoms with Crippen molar-refractivity contribution in [3.05, 3.63) is 23.8 Å². The number of Topliss-reactive ketones (excluding diaryl/α,β-unsaturated/α-hetero) is 1. The number of alkyl halides is 2. The van der Waals surface area contributed by atoms with E-state index in [1.807, 2.05) is 6.92 Å². The number of hydrogen-bond donors (Lipinski definition) is 3. The minimum absolute atomic E-state index is 0.0128. The van der Waals surface area contributed by atoms with E-state index in [0.717, 1.165) is 6.08 Å². The van der Waals surface area contributed by atoms with E-state index in [4.69, 9.17) is 4.74 Å². The first-order valence-corrected chi connectivity index (χ1v) is 12.3. The van der Waals surface area contributed by atoms with E-state index in [1.165, 1.54) is 19.1 Å². The van der Waals surface area contributed by atoms with Gasteiger partial charge in [-0.15, -0.1) is 0 Å². The van der Waals surface area contributed by atoms with Gasteiger partial charge in [0.05, 0.1) is 6.10 Å². The summed E-state index contributed by atoms with van der Waals surface area (Å²) >= 11 is 0. The normalized spacial score (nSPS) is 46.3. The maximum atomic E-state index is 17.2. The molecule has 7 nitrogen and oxygen atoms in total. The van der Waals surface area contributed by atoms with Crippen LogP contribution in [0.25, 0.3) is 0 Å². The number of fused-ring (bicyclic) bond motifs is 5. The summed E-state index contributed by atoms with van der Waals surface area (Å²) in [6.07, 6.45) is -1.15. The van der Waals surface area contributed by atoms with Crippen LogP contribution in [0, 0.1) is 22.7 Å². The maximum Gasteiger partial charge on any atom is 0.306 e. The molecule has 0 bridgehead atoms. The fourth-order valence-electron chi connectivity index (χ4n) is 7.62. The van der Waals surface area contributed by atoms with Gasteiger partial charge in [0.15, 0.2) is 11.5 Å². The van der Waals surface area contributed by atoms with Crippen molar-refractivity contribution >= 4 is 17.5 Å². The van der Waals surface area contributed by atoms with Crippen molar-refractivity contribution < 1.29 is 43.2 Å². The Labute approximate surface area is 203 Å². The first-order chi connectivity index (χ1) is 16.3. The minimum atomic E-state index is -2.40. The van der Waals surface area contributed by atoms with Gasteiger partial charge in [-0.25, -0.2) is 8.78 Å². The standard InChI is InChI=1S/C26H34F2O7/c1-4-5-6-22(34)35-26(21(33)13-29)19(31)11-15-16-10-18(27)17-9-14(30)7-8-23(17,2)25(16,28)20(32)12-24(15,26)3/h7-9,15-16,18-20,29,31-32H,4-6,10-13H2,1-3H3. The van der Waals surface area contributed by atoms with Gasteiger partial charge in [0.25, 0.3) is 0 Å². The molecule has 0 aromatic heterocycles. The number of hydrogen-bond acceptors (Lipinski definition) is 7. The molecule has 9 heteroatoms. The fraction of sp³-hybridized carbons (Fsp3) is 0.731. The Hall–Kier alpha value is -1.97. The third-order valence-electron chi connectivity index (χ3n) is 9.38. The summed E-state index contributed by atoms with van der Waals surface area (Å²) in [5, 5.41) is 32.3. The lowest BCUT2D eigenvalue weighted by molar-refractivity contribution is -0.234. The second-order valence-electron chi connectivity index (χ2n) is 11.0. The van der Waals surface area contributed by atoms with Crippen molar-refractivity contribution in [1.29, 1.82) is 0 Å². The van der Waals surface area contributed by atoms with Gasteiger partial charge < -0.3 is 20.1 Å². The molecule has 4 aliphatic carbocycles. The average Bonchev–Trinajstić information content (AvgIpc) is 3.02. The molecule has 0 amide bonds. The molecule has 0 aromatic carbocycles. The third kappa shape index (κ3) is 3.27. The highest BCUT2D eigenvalue weighted by Crippen LogP contribution is 2.70. The van der Waals surface area contributed by atoms with Crippen LogP contribution in [-0.2, 0) is 19.1 Å². The monoisotopic (exact) mass is 496 g/mol. The Kier molecular flexibility index (Phi) is 6.38. The highest BCUT2D eigenvalue weighted by atomic mass is 19.1. The molecular formula is C26H34F2O7. The Balaban J connectivity index is 1.83. The zero-order valence-corrected chi connectivity index (χ0v) is 20.3. The topological polar surface area (TPSA) is 121 Å². The largest absolute Gasteiger partial charge is 0.447 e. The second kappa shape index (κ2) is 8.56. The molecule has 9 atom stereocenters. The van der Waals surface area contributed by atoms with Crippen LogP contribution in [0.4, 0.5) is 8.78 Å². The summed E-state index contributed by atoms with van der Waals surface area (Å²) in [6, 6.07) is 0. The van der Waals surface area contributed by atoms with Crippen LogP contribution in [0.1, 0.15) is 59.3 Å². The van der Waals surface area contributed by atoms with Crippen molar-refractivity contribution in [2.24, 2.45) is 22.7 Å². The number of ether oxygens (including phenoxy) is 1. The van der Waals surface area contributed by atoms with Gasteiger partial charge in [-0.1, -0.05) is 26.3 Å². The molecule has 0 heterocycles. The first kappa shape index (κ1) is 26.1. The summed E-state index contributed by atoms with van der Waals surface area (Å²) in [6.45, 7) is 3.84. The number of ketones is 2. The molecule has 194 valence electrons. The number of allylic oxidation sites excluding steroid dienone is 4. The van der Waals surface area contributed by atoms with Gasteiger partial charge >= 0.3 is 5.97 Å².